The highest BCUT2D eigenvalue weighted by Crippen LogP contribution is 2.33. The first-order chi connectivity index (χ1) is 22.4. The molecular formula is C27H16FN3O. The van der Waals surface area contributed by atoms with Crippen molar-refractivity contribution >= 4 is 21.9 Å². The van der Waals surface area contributed by atoms with Gasteiger partial charge in [-0.3, -0.25) is 0 Å². The molecule has 0 bridgehead atoms. The molecule has 6 aromatic rings. The van der Waals surface area contributed by atoms with E-state index < -0.39 is 159 Å². The molecule has 0 N–H and O–H groups in total. The van der Waals surface area contributed by atoms with Crippen molar-refractivity contribution in [1.29, 1.82) is 0 Å². The lowest BCUT2D eigenvalue weighted by Gasteiger charge is -2.08. The summed E-state index contributed by atoms with van der Waals surface area (Å²) in [5, 5.41) is -0.829. The van der Waals surface area contributed by atoms with Crippen LogP contribution in [0.2, 0.25) is 0 Å². The van der Waals surface area contributed by atoms with E-state index in [2.05, 4.69) is 15.0 Å². The molecule has 0 fully saturated rings. The van der Waals surface area contributed by atoms with Crippen molar-refractivity contribution < 1.29 is 30.7 Å². The van der Waals surface area contributed by atoms with Gasteiger partial charge in [-0.05, 0) is 18.1 Å². The Hall–Kier alpha value is -4.38. The maximum Gasteiger partial charge on any atom is 0.171 e. The van der Waals surface area contributed by atoms with Gasteiger partial charge >= 0.3 is 0 Å². The zero-order chi connectivity index (χ0) is 35.4. The van der Waals surface area contributed by atoms with Gasteiger partial charge in [-0.1, -0.05) is 78.6 Å². The molecular weight excluding hydrogens is 401 g/mol. The molecule has 4 nitrogen and oxygen atoms in total. The van der Waals surface area contributed by atoms with Crippen LogP contribution in [0.15, 0.2) is 101 Å². The standard InChI is InChI=1S/C27H16FN3O/c28-22-13-7-12-21-20-15-14-19(16-23(20)32-24(21)22)27-30-25(17-8-3-1-4-9-17)29-26(31-27)18-10-5-2-6-11-18/h1-16H/i1D,2D,3D,4D,5D,6D,7D,8D,9D,10D,11D,12D,13D,14D,15D,16D. The zero-order valence-corrected chi connectivity index (χ0v) is 15.6. The van der Waals surface area contributed by atoms with Crippen LogP contribution in [0.5, 0.6) is 0 Å². The number of hydrogen-bond donors (Lipinski definition) is 0. The molecule has 0 aliphatic heterocycles. The predicted octanol–water partition coefficient (Wildman–Crippen LogP) is 6.91. The van der Waals surface area contributed by atoms with E-state index >= 15 is 4.39 Å². The number of benzene rings is 4. The average Bonchev–Trinajstić information content (AvgIpc) is 3.47. The normalized spacial score (nSPS) is 18.3. The minimum atomic E-state index is -1.35. The summed E-state index contributed by atoms with van der Waals surface area (Å²) in [6.07, 6.45) is 0. The quantitative estimate of drug-likeness (QED) is 0.304. The number of aromatic nitrogens is 3. The van der Waals surface area contributed by atoms with Gasteiger partial charge in [-0.25, -0.2) is 19.3 Å². The summed E-state index contributed by atoms with van der Waals surface area (Å²) < 4.78 is 153. The van der Waals surface area contributed by atoms with E-state index in [9.17, 15) is 0 Å². The largest absolute Gasteiger partial charge is 0.453 e. The Morgan fingerprint density at radius 3 is 1.81 bits per heavy atom. The SMILES string of the molecule is [2H]c1c([2H])c([2H])c(-c2nc(-c3c([2H])c([2H])c([2H])c([2H])c3[2H])nc(-c3c([2H])c([2H])c4c(oc5c(F)c([2H])c([2H])c([2H])c54)c3[2H])n2)c([2H])c1[2H]. The summed E-state index contributed by atoms with van der Waals surface area (Å²) in [5.41, 5.74) is -3.09. The van der Waals surface area contributed by atoms with Gasteiger partial charge in [0, 0.05) is 27.5 Å². The van der Waals surface area contributed by atoms with E-state index in [-0.39, 0.29) is 0 Å². The first kappa shape index (κ1) is 8.28. The monoisotopic (exact) mass is 433 g/mol. The highest BCUT2D eigenvalue weighted by Gasteiger charge is 2.15. The minimum Gasteiger partial charge on any atom is -0.453 e. The van der Waals surface area contributed by atoms with Gasteiger partial charge in [0.15, 0.2) is 28.9 Å². The van der Waals surface area contributed by atoms with Gasteiger partial charge in [-0.15, -0.1) is 0 Å². The summed E-state index contributed by atoms with van der Waals surface area (Å²) in [4.78, 5) is 12.4. The summed E-state index contributed by atoms with van der Waals surface area (Å²) in [5.74, 6) is -3.38. The van der Waals surface area contributed by atoms with Crippen LogP contribution < -0.4 is 0 Å². The molecule has 2 heterocycles. The van der Waals surface area contributed by atoms with Crippen molar-refractivity contribution in [3.8, 4) is 34.2 Å². The van der Waals surface area contributed by atoms with Crippen molar-refractivity contribution in [1.82, 2.24) is 15.0 Å². The van der Waals surface area contributed by atoms with Crippen LogP contribution in [0.1, 0.15) is 21.9 Å². The molecule has 0 spiro atoms. The molecule has 0 unspecified atom stereocenters. The first-order valence-electron chi connectivity index (χ1n) is 16.9. The van der Waals surface area contributed by atoms with Crippen molar-refractivity contribution in [2.75, 3.05) is 0 Å². The smallest absolute Gasteiger partial charge is 0.171 e. The molecule has 0 amide bonds. The zero-order valence-electron chi connectivity index (χ0n) is 31.6. The van der Waals surface area contributed by atoms with Crippen LogP contribution in [0, 0.1) is 5.82 Å². The van der Waals surface area contributed by atoms with E-state index in [0.29, 0.717) is 0 Å². The second-order valence-electron chi connectivity index (χ2n) is 6.26. The van der Waals surface area contributed by atoms with Crippen molar-refractivity contribution in [3.05, 3.63) is 102 Å². The van der Waals surface area contributed by atoms with E-state index in [1.807, 2.05) is 0 Å². The maximum atomic E-state index is 15.0. The Morgan fingerprint density at radius 1 is 0.594 bits per heavy atom. The number of furan rings is 1. The molecule has 5 heteroatoms. The molecule has 0 saturated carbocycles. The summed E-state index contributed by atoms with van der Waals surface area (Å²) >= 11 is 0. The highest BCUT2D eigenvalue weighted by atomic mass is 19.1. The van der Waals surface area contributed by atoms with Gasteiger partial charge in [0.05, 0.1) is 21.9 Å². The lowest BCUT2D eigenvalue weighted by molar-refractivity contribution is 0.584. The van der Waals surface area contributed by atoms with E-state index in [1.54, 1.807) is 0 Å². The van der Waals surface area contributed by atoms with Gasteiger partial charge in [0.2, 0.25) is 0 Å². The molecule has 32 heavy (non-hydrogen) atoms. The summed E-state index contributed by atoms with van der Waals surface area (Å²) in [7, 11) is 0. The summed E-state index contributed by atoms with van der Waals surface area (Å²) in [6.45, 7) is 0. The molecule has 0 atom stereocenters. The van der Waals surface area contributed by atoms with Gasteiger partial charge in [-0.2, -0.15) is 0 Å². The third kappa shape index (κ3) is 3.11. The predicted molar refractivity (Wildman–Crippen MR) is 123 cm³/mol. The molecule has 6 rings (SSSR count). The van der Waals surface area contributed by atoms with Gasteiger partial charge in [0.25, 0.3) is 0 Å². The summed E-state index contributed by atoms with van der Waals surface area (Å²) in [6, 6.07) is -12.6. The molecule has 0 saturated heterocycles. The average molecular weight is 434 g/mol. The van der Waals surface area contributed by atoms with E-state index in [1.165, 1.54) is 0 Å². The van der Waals surface area contributed by atoms with Crippen LogP contribution in [-0.4, -0.2) is 15.0 Å². The highest BCUT2D eigenvalue weighted by molar-refractivity contribution is 6.05. The maximum absolute atomic E-state index is 15.0. The third-order valence-electron chi connectivity index (χ3n) is 4.32. The van der Waals surface area contributed by atoms with Gasteiger partial charge in [0.1, 0.15) is 5.58 Å². The Kier molecular flexibility index (Phi) is 1.91. The lowest BCUT2D eigenvalue weighted by atomic mass is 10.1. The number of rotatable bonds is 3. The van der Waals surface area contributed by atoms with E-state index in [0.717, 1.165) is 0 Å². The van der Waals surface area contributed by atoms with Crippen molar-refractivity contribution in [2.24, 2.45) is 0 Å². The topological polar surface area (TPSA) is 51.8 Å². The second kappa shape index (κ2) is 7.39. The second-order valence-corrected chi connectivity index (χ2v) is 6.26. The fourth-order valence-corrected chi connectivity index (χ4v) is 2.93. The minimum absolute atomic E-state index is 0.396. The number of para-hydroxylation sites is 1. The number of fused-ring (bicyclic) bond motifs is 3. The molecule has 0 aliphatic rings. The van der Waals surface area contributed by atoms with Crippen LogP contribution in [-0.2, 0) is 0 Å². The molecule has 4 aromatic carbocycles. The molecule has 0 radical (unpaired) electrons. The Labute approximate surface area is 205 Å². The van der Waals surface area contributed by atoms with Crippen molar-refractivity contribution in [3.63, 3.8) is 0 Å². The Balaban J connectivity index is 1.79. The van der Waals surface area contributed by atoms with Crippen LogP contribution in [0.4, 0.5) is 4.39 Å². The van der Waals surface area contributed by atoms with Crippen LogP contribution in [0.3, 0.4) is 0 Å². The number of halogens is 1. The Bertz CT molecular complexity index is 2300. The molecule has 2 aromatic heterocycles. The van der Waals surface area contributed by atoms with Crippen molar-refractivity contribution in [2.45, 2.75) is 0 Å². The fourth-order valence-electron chi connectivity index (χ4n) is 2.93. The fraction of sp³-hybridized carbons (Fsp3) is 0. The lowest BCUT2D eigenvalue weighted by Crippen LogP contribution is -2.00. The van der Waals surface area contributed by atoms with Gasteiger partial charge < -0.3 is 4.42 Å². The Morgan fingerprint density at radius 2 is 1.19 bits per heavy atom. The third-order valence-corrected chi connectivity index (χ3v) is 4.32. The van der Waals surface area contributed by atoms with Crippen LogP contribution in [0.25, 0.3) is 56.1 Å². The van der Waals surface area contributed by atoms with Crippen LogP contribution >= 0.6 is 0 Å². The number of hydrogen-bond acceptors (Lipinski definition) is 4. The first-order valence-corrected chi connectivity index (χ1v) is 8.94. The molecule has 0 aliphatic carbocycles. The van der Waals surface area contributed by atoms with E-state index in [4.69, 9.17) is 26.3 Å². The number of nitrogens with zero attached hydrogens (tertiary/aromatic N) is 3. The molecule has 152 valence electrons.